The molecule has 1 aliphatic rings. The van der Waals surface area contributed by atoms with E-state index in [-0.39, 0.29) is 11.5 Å². The highest BCUT2D eigenvalue weighted by Gasteiger charge is 2.26. The van der Waals surface area contributed by atoms with Gasteiger partial charge in [0, 0.05) is 17.2 Å². The molecule has 0 fully saturated rings. The van der Waals surface area contributed by atoms with E-state index in [0.717, 1.165) is 16.8 Å². The van der Waals surface area contributed by atoms with Crippen LogP contribution in [0.1, 0.15) is 0 Å². The van der Waals surface area contributed by atoms with Crippen molar-refractivity contribution in [1.82, 2.24) is 0 Å². The second kappa shape index (κ2) is 4.70. The Balaban J connectivity index is 1.95. The first kappa shape index (κ1) is 12.6. The van der Waals surface area contributed by atoms with Crippen LogP contribution in [-0.4, -0.2) is 10.2 Å². The van der Waals surface area contributed by atoms with Crippen molar-refractivity contribution in [1.29, 1.82) is 0 Å². The quantitative estimate of drug-likeness (QED) is 0.659. The van der Waals surface area contributed by atoms with Crippen molar-refractivity contribution in [2.45, 2.75) is 0 Å². The maximum Gasteiger partial charge on any atom is 0.163 e. The lowest BCUT2D eigenvalue weighted by Crippen LogP contribution is -2.25. The normalized spacial score (nSPS) is 12.3. The van der Waals surface area contributed by atoms with Gasteiger partial charge in [0.15, 0.2) is 5.75 Å². The van der Waals surface area contributed by atoms with Crippen LogP contribution in [0.5, 0.6) is 17.2 Å². The van der Waals surface area contributed by atoms with Gasteiger partial charge in [-0.2, -0.15) is 5.06 Å². The third-order valence-corrected chi connectivity index (χ3v) is 3.67. The lowest BCUT2D eigenvalue weighted by Gasteiger charge is -2.32. The van der Waals surface area contributed by atoms with E-state index in [9.17, 15) is 10.2 Å². The van der Waals surface area contributed by atoms with Crippen LogP contribution in [0, 0.1) is 0 Å². The first-order valence-corrected chi connectivity index (χ1v) is 6.92. The molecule has 0 spiro atoms. The van der Waals surface area contributed by atoms with Gasteiger partial charge >= 0.3 is 0 Å². The molecule has 4 rings (SSSR count). The third-order valence-electron chi connectivity index (χ3n) is 3.67. The molecular formula is C18H13NO3. The van der Waals surface area contributed by atoms with Gasteiger partial charge in [-0.25, -0.2) is 0 Å². The molecule has 0 aliphatic carbocycles. The van der Waals surface area contributed by atoms with E-state index in [1.54, 1.807) is 0 Å². The fourth-order valence-electron chi connectivity index (χ4n) is 2.65. The number of anilines is 2. The molecule has 4 nitrogen and oxygen atoms in total. The lowest BCUT2D eigenvalue weighted by molar-refractivity contribution is 0.315. The van der Waals surface area contributed by atoms with Crippen molar-refractivity contribution in [2.75, 3.05) is 5.06 Å². The molecule has 4 heteroatoms. The van der Waals surface area contributed by atoms with Crippen LogP contribution < -0.4 is 9.90 Å². The molecule has 2 N–H and O–H groups in total. The Morgan fingerprint density at radius 3 is 2.32 bits per heavy atom. The Kier molecular flexibility index (Phi) is 2.69. The molecule has 1 heterocycles. The summed E-state index contributed by atoms with van der Waals surface area (Å²) in [6.07, 6.45) is 0. The second-order valence-corrected chi connectivity index (χ2v) is 5.07. The van der Waals surface area contributed by atoms with E-state index in [4.69, 9.17) is 4.84 Å². The SMILES string of the molecule is Oc1ccc(O)c(N2Oc3ccccc3-c3ccccc32)c1. The van der Waals surface area contributed by atoms with Gasteiger partial charge in [-0.05, 0) is 24.3 Å². The number of hydrogen-bond donors (Lipinski definition) is 2. The summed E-state index contributed by atoms with van der Waals surface area (Å²) in [5, 5.41) is 21.4. The zero-order valence-electron chi connectivity index (χ0n) is 11.6. The van der Waals surface area contributed by atoms with Gasteiger partial charge in [0.1, 0.15) is 17.2 Å². The molecule has 0 atom stereocenters. The number of rotatable bonds is 1. The zero-order chi connectivity index (χ0) is 15.1. The smallest absolute Gasteiger partial charge is 0.163 e. The monoisotopic (exact) mass is 291 g/mol. The number of nitrogens with zero attached hydrogens (tertiary/aromatic N) is 1. The number of hydrogen-bond acceptors (Lipinski definition) is 4. The molecule has 3 aromatic carbocycles. The van der Waals surface area contributed by atoms with Crippen LogP contribution in [0.4, 0.5) is 11.4 Å². The maximum atomic E-state index is 10.1. The molecule has 3 aromatic rings. The molecule has 22 heavy (non-hydrogen) atoms. The Labute approximate surface area is 127 Å². The van der Waals surface area contributed by atoms with Crippen LogP contribution in [-0.2, 0) is 0 Å². The van der Waals surface area contributed by atoms with Crippen molar-refractivity contribution >= 4 is 11.4 Å². The van der Waals surface area contributed by atoms with E-state index < -0.39 is 0 Å². The number of phenolic OH excluding ortho intramolecular Hbond substituents is 2. The Bertz CT molecular complexity index is 860. The molecule has 0 radical (unpaired) electrons. The molecule has 0 saturated heterocycles. The fraction of sp³-hybridized carbons (Fsp3) is 0. The first-order chi connectivity index (χ1) is 10.7. The summed E-state index contributed by atoms with van der Waals surface area (Å²) < 4.78 is 0. The van der Waals surface area contributed by atoms with Crippen LogP contribution in [0.25, 0.3) is 11.1 Å². The van der Waals surface area contributed by atoms with Gasteiger partial charge in [-0.15, -0.1) is 0 Å². The summed E-state index contributed by atoms with van der Waals surface area (Å²) >= 11 is 0. The summed E-state index contributed by atoms with van der Waals surface area (Å²) in [5.41, 5.74) is 3.20. The van der Waals surface area contributed by atoms with Crippen molar-refractivity contribution < 1.29 is 15.1 Å². The van der Waals surface area contributed by atoms with Crippen LogP contribution >= 0.6 is 0 Å². The van der Waals surface area contributed by atoms with Crippen LogP contribution in [0.15, 0.2) is 66.7 Å². The van der Waals surface area contributed by atoms with E-state index in [1.807, 2.05) is 48.5 Å². The standard InChI is InChI=1S/C18H13NO3/c20-12-9-10-17(21)16(11-12)19-15-7-3-1-5-13(15)14-6-2-4-8-18(14)22-19/h1-11,20-21H. The van der Waals surface area contributed by atoms with Gasteiger partial charge in [-0.3, -0.25) is 0 Å². The van der Waals surface area contributed by atoms with Crippen molar-refractivity contribution in [3.63, 3.8) is 0 Å². The topological polar surface area (TPSA) is 52.9 Å². The number of para-hydroxylation sites is 2. The average Bonchev–Trinajstić information content (AvgIpc) is 2.56. The molecule has 1 aliphatic heterocycles. The highest BCUT2D eigenvalue weighted by atomic mass is 16.7. The van der Waals surface area contributed by atoms with Gasteiger partial charge < -0.3 is 15.1 Å². The zero-order valence-corrected chi connectivity index (χ0v) is 11.6. The van der Waals surface area contributed by atoms with E-state index >= 15 is 0 Å². The highest BCUT2D eigenvalue weighted by Crippen LogP contribution is 2.46. The Hall–Kier alpha value is -3.14. The van der Waals surface area contributed by atoms with Crippen LogP contribution in [0.2, 0.25) is 0 Å². The van der Waals surface area contributed by atoms with Crippen LogP contribution in [0.3, 0.4) is 0 Å². The summed E-state index contributed by atoms with van der Waals surface area (Å²) in [6, 6.07) is 19.8. The number of phenols is 2. The molecular weight excluding hydrogens is 278 g/mol. The van der Waals surface area contributed by atoms with Gasteiger partial charge in [0.25, 0.3) is 0 Å². The van der Waals surface area contributed by atoms with Gasteiger partial charge in [0.2, 0.25) is 0 Å². The lowest BCUT2D eigenvalue weighted by atomic mass is 10.0. The van der Waals surface area contributed by atoms with Gasteiger partial charge in [-0.1, -0.05) is 36.4 Å². The van der Waals surface area contributed by atoms with Gasteiger partial charge in [0.05, 0.1) is 5.69 Å². The summed E-state index contributed by atoms with van der Waals surface area (Å²) in [4.78, 5) is 5.94. The average molecular weight is 291 g/mol. The predicted octanol–water partition coefficient (Wildman–Crippen LogP) is 4.21. The van der Waals surface area contributed by atoms with E-state index in [2.05, 4.69) is 0 Å². The summed E-state index contributed by atoms with van der Waals surface area (Å²) in [5.74, 6) is 0.795. The third kappa shape index (κ3) is 1.85. The minimum absolute atomic E-state index is 0.0342. The minimum Gasteiger partial charge on any atom is -0.508 e. The first-order valence-electron chi connectivity index (χ1n) is 6.92. The predicted molar refractivity (Wildman–Crippen MR) is 84.4 cm³/mol. The molecule has 0 amide bonds. The van der Waals surface area contributed by atoms with Crippen molar-refractivity contribution in [2.24, 2.45) is 0 Å². The van der Waals surface area contributed by atoms with Crippen molar-refractivity contribution in [3.8, 4) is 28.4 Å². The fourth-order valence-corrected chi connectivity index (χ4v) is 2.65. The summed E-state index contributed by atoms with van der Waals surface area (Å²) in [7, 11) is 0. The number of benzene rings is 3. The number of fused-ring (bicyclic) bond motifs is 3. The second-order valence-electron chi connectivity index (χ2n) is 5.07. The van der Waals surface area contributed by atoms with Crippen molar-refractivity contribution in [3.05, 3.63) is 66.7 Å². The Morgan fingerprint density at radius 1 is 0.727 bits per heavy atom. The Morgan fingerprint density at radius 2 is 1.45 bits per heavy atom. The van der Waals surface area contributed by atoms with E-state index in [0.29, 0.717) is 11.4 Å². The largest absolute Gasteiger partial charge is 0.508 e. The maximum absolute atomic E-state index is 10.1. The minimum atomic E-state index is 0.0342. The molecule has 108 valence electrons. The molecule has 0 saturated carbocycles. The summed E-state index contributed by atoms with van der Waals surface area (Å²) in [6.45, 7) is 0. The molecule has 0 bridgehead atoms. The molecule has 0 unspecified atom stereocenters. The number of aromatic hydroxyl groups is 2. The van der Waals surface area contributed by atoms with E-state index in [1.165, 1.54) is 23.3 Å². The highest BCUT2D eigenvalue weighted by molar-refractivity contribution is 5.88. The molecule has 0 aromatic heterocycles.